The van der Waals surface area contributed by atoms with Crippen molar-refractivity contribution >= 4 is 32.8 Å². The summed E-state index contributed by atoms with van der Waals surface area (Å²) in [6.07, 6.45) is 1.92. The molecule has 146 valence electrons. The second-order valence-electron chi connectivity index (χ2n) is 5.31. The molecule has 0 spiro atoms. The molecular formula is C12H20N4NaO7P2S+. The zero-order valence-electron chi connectivity index (χ0n) is 16.0. The van der Waals surface area contributed by atoms with Crippen LogP contribution in [0.3, 0.4) is 0 Å². The Morgan fingerprint density at radius 2 is 2.00 bits per heavy atom. The Hall–Kier alpha value is -0.230. The van der Waals surface area contributed by atoms with E-state index in [1.165, 1.54) is 11.3 Å². The molecule has 0 saturated heterocycles. The van der Waals surface area contributed by atoms with Crippen molar-refractivity contribution in [2.75, 3.05) is 12.3 Å². The maximum atomic E-state index is 11.4. The zero-order chi connectivity index (χ0) is 19.5. The van der Waals surface area contributed by atoms with Crippen molar-refractivity contribution in [2.45, 2.75) is 26.8 Å². The zero-order valence-corrected chi connectivity index (χ0v) is 19.6. The van der Waals surface area contributed by atoms with Crippen molar-refractivity contribution in [3.63, 3.8) is 0 Å². The van der Waals surface area contributed by atoms with E-state index in [1.807, 2.05) is 17.0 Å². The normalized spacial score (nSPS) is 13.8. The first-order valence-corrected chi connectivity index (χ1v) is 11.2. The Morgan fingerprint density at radius 1 is 1.33 bits per heavy atom. The number of anilines is 1. The van der Waals surface area contributed by atoms with Gasteiger partial charge in [-0.05, 0) is 6.92 Å². The van der Waals surface area contributed by atoms with Gasteiger partial charge in [-0.3, -0.25) is 4.52 Å². The predicted molar refractivity (Wildman–Crippen MR) is 93.3 cm³/mol. The molecular weight excluding hydrogens is 429 g/mol. The second-order valence-corrected chi connectivity index (χ2v) is 9.08. The standard InChI is InChI=1S/C12H18N4O7P2S.Na.H/c1-8-11(3-4-22-25(20,21)23-24(17,18)19)26-7-16(8)6-10-5-14-9(2)15-12(10)13;;/h5,7H,3-4,6H2,1-2H3,(H4-,13,14,15,17,18,19,20,21);;/q;+1;-1/p+1. The second kappa shape index (κ2) is 10.00. The molecule has 0 amide bonds. The monoisotopic (exact) mass is 449 g/mol. The van der Waals surface area contributed by atoms with Gasteiger partial charge in [-0.25, -0.2) is 19.1 Å². The molecule has 15 heteroatoms. The molecule has 0 aliphatic rings. The van der Waals surface area contributed by atoms with E-state index in [9.17, 15) is 14.0 Å². The summed E-state index contributed by atoms with van der Waals surface area (Å²) in [4.78, 5) is 35.4. The van der Waals surface area contributed by atoms with Crippen LogP contribution in [0, 0.1) is 13.8 Å². The number of hydrogen-bond donors (Lipinski definition) is 4. The van der Waals surface area contributed by atoms with Crippen molar-refractivity contribution in [2.24, 2.45) is 0 Å². The van der Waals surface area contributed by atoms with Crippen LogP contribution in [0.5, 0.6) is 0 Å². The summed E-state index contributed by atoms with van der Waals surface area (Å²) < 4.78 is 32.2. The molecule has 2 aromatic rings. The number of thiazole rings is 1. The molecule has 0 aliphatic carbocycles. The maximum absolute atomic E-state index is 11.4. The van der Waals surface area contributed by atoms with Gasteiger partial charge in [0.05, 0.1) is 17.0 Å². The molecule has 1 unspecified atom stereocenters. The summed E-state index contributed by atoms with van der Waals surface area (Å²) in [7, 11) is -9.94. The number of hydrogen-bond acceptors (Lipinski definition) is 8. The molecule has 0 fully saturated rings. The van der Waals surface area contributed by atoms with E-state index >= 15 is 0 Å². The van der Waals surface area contributed by atoms with Crippen molar-refractivity contribution in [3.05, 3.63) is 33.7 Å². The number of phosphoric ester groups is 1. The molecule has 5 N–H and O–H groups in total. The van der Waals surface area contributed by atoms with Crippen LogP contribution >= 0.6 is 27.0 Å². The van der Waals surface area contributed by atoms with Crippen molar-refractivity contribution in [1.29, 1.82) is 0 Å². The van der Waals surface area contributed by atoms with Crippen LogP contribution in [0.4, 0.5) is 5.82 Å². The van der Waals surface area contributed by atoms with Gasteiger partial charge in [-0.2, -0.15) is 8.88 Å². The Morgan fingerprint density at radius 3 is 2.59 bits per heavy atom. The molecule has 2 aromatic heterocycles. The average Bonchev–Trinajstić information content (AvgIpc) is 2.80. The molecule has 11 nitrogen and oxygen atoms in total. The molecule has 1 atom stereocenters. The van der Waals surface area contributed by atoms with Crippen molar-refractivity contribution < 1.29 is 68.2 Å². The molecule has 0 aromatic carbocycles. The number of aromatic nitrogens is 3. The van der Waals surface area contributed by atoms with Gasteiger partial charge in [0, 0.05) is 19.5 Å². The fraction of sp³-hybridized carbons (Fsp3) is 0.417. The number of nitrogen functional groups attached to an aromatic ring is 1. The van der Waals surface area contributed by atoms with E-state index in [0.717, 1.165) is 16.1 Å². The minimum Gasteiger partial charge on any atom is -1.00 e. The van der Waals surface area contributed by atoms with Gasteiger partial charge in [0.25, 0.3) is 0 Å². The van der Waals surface area contributed by atoms with Gasteiger partial charge in [-0.1, -0.05) is 11.3 Å². The minimum absolute atomic E-state index is 0. The van der Waals surface area contributed by atoms with Crippen molar-refractivity contribution in [1.82, 2.24) is 9.97 Å². The Labute approximate surface area is 183 Å². The number of aryl methyl sites for hydroxylation is 1. The topological polar surface area (TPSA) is 169 Å². The number of nitrogens with zero attached hydrogens (tertiary/aromatic N) is 3. The van der Waals surface area contributed by atoms with Crippen LogP contribution in [0.1, 0.15) is 23.4 Å². The number of phosphoric acid groups is 2. The van der Waals surface area contributed by atoms with Gasteiger partial charge < -0.3 is 21.8 Å². The van der Waals surface area contributed by atoms with E-state index in [4.69, 9.17) is 15.5 Å². The third-order valence-electron chi connectivity index (χ3n) is 3.31. The van der Waals surface area contributed by atoms with E-state index in [-0.39, 0.29) is 44.0 Å². The summed E-state index contributed by atoms with van der Waals surface area (Å²) in [6.45, 7) is 3.83. The van der Waals surface area contributed by atoms with E-state index in [0.29, 0.717) is 18.2 Å². The minimum atomic E-state index is -5.12. The Balaban J connectivity index is 0.00000364. The van der Waals surface area contributed by atoms with Crippen LogP contribution in [0.2, 0.25) is 0 Å². The van der Waals surface area contributed by atoms with Gasteiger partial charge >= 0.3 is 45.2 Å². The Kier molecular flexibility index (Phi) is 9.18. The summed E-state index contributed by atoms with van der Waals surface area (Å²) in [5.74, 6) is 0.985. The largest absolute Gasteiger partial charge is 1.00 e. The van der Waals surface area contributed by atoms with E-state index in [2.05, 4.69) is 18.8 Å². The molecule has 2 rings (SSSR count). The summed E-state index contributed by atoms with van der Waals surface area (Å²) in [5, 5.41) is 0. The first-order chi connectivity index (χ1) is 12.0. The first-order valence-electron chi connectivity index (χ1n) is 7.25. The van der Waals surface area contributed by atoms with Gasteiger partial charge in [-0.15, -0.1) is 0 Å². The smallest absolute Gasteiger partial charge is 1.00 e. The van der Waals surface area contributed by atoms with Crippen LogP contribution in [0.15, 0.2) is 11.7 Å². The third-order valence-corrected chi connectivity index (χ3v) is 6.64. The SMILES string of the molecule is Cc1ncc(C[n+]2csc(CCOP(=O)(O)OP(=O)(O)O)c2C)c(N)n1.[H-].[Na+]. The summed E-state index contributed by atoms with van der Waals surface area (Å²) in [6, 6.07) is 0. The fourth-order valence-electron chi connectivity index (χ4n) is 2.08. The summed E-state index contributed by atoms with van der Waals surface area (Å²) >= 11 is 1.40. The quantitative estimate of drug-likeness (QED) is 0.200. The molecule has 0 aliphatic heterocycles. The maximum Gasteiger partial charge on any atom is 1.00 e. The molecule has 0 saturated carbocycles. The predicted octanol–water partition coefficient (Wildman–Crippen LogP) is -2.04. The number of rotatable bonds is 8. The van der Waals surface area contributed by atoms with Crippen LogP contribution in [-0.2, 0) is 30.9 Å². The Bertz CT molecular complexity index is 897. The molecule has 2 heterocycles. The van der Waals surface area contributed by atoms with Crippen LogP contribution in [0.25, 0.3) is 0 Å². The average molecular weight is 449 g/mol. The molecule has 27 heavy (non-hydrogen) atoms. The molecule has 0 radical (unpaired) electrons. The third kappa shape index (κ3) is 7.96. The fourth-order valence-corrected chi connectivity index (χ4v) is 4.64. The first kappa shape index (κ1) is 24.8. The van der Waals surface area contributed by atoms with Crippen LogP contribution < -0.4 is 39.9 Å². The number of nitrogens with two attached hydrogens (primary N) is 1. The molecule has 0 bridgehead atoms. The van der Waals surface area contributed by atoms with Gasteiger partial charge in [0.15, 0.2) is 12.2 Å². The van der Waals surface area contributed by atoms with Gasteiger partial charge in [0.2, 0.25) is 5.51 Å². The van der Waals surface area contributed by atoms with Crippen molar-refractivity contribution in [3.8, 4) is 0 Å². The van der Waals surface area contributed by atoms with Crippen LogP contribution in [-0.4, -0.2) is 31.3 Å². The van der Waals surface area contributed by atoms with E-state index in [1.54, 1.807) is 13.1 Å². The van der Waals surface area contributed by atoms with Gasteiger partial charge in [0.1, 0.15) is 11.6 Å². The summed E-state index contributed by atoms with van der Waals surface area (Å²) in [5.41, 5.74) is 9.40. The van der Waals surface area contributed by atoms with E-state index < -0.39 is 15.6 Å².